The van der Waals surface area contributed by atoms with Crippen LogP contribution in [0.3, 0.4) is 0 Å². The highest BCUT2D eigenvalue weighted by atomic mass is 16.5. The molecule has 0 spiro atoms. The lowest BCUT2D eigenvalue weighted by Gasteiger charge is -2.42. The number of piperidine rings is 1. The first-order valence-electron chi connectivity index (χ1n) is 7.51. The number of amides is 2. The summed E-state index contributed by atoms with van der Waals surface area (Å²) >= 11 is 0. The van der Waals surface area contributed by atoms with Crippen molar-refractivity contribution in [1.29, 1.82) is 0 Å². The van der Waals surface area contributed by atoms with Crippen LogP contribution in [0.2, 0.25) is 0 Å². The van der Waals surface area contributed by atoms with Crippen LogP contribution in [0.25, 0.3) is 0 Å². The number of nitrogens with one attached hydrogen (secondary N) is 1. The molecular weight excluding hydrogens is 272 g/mol. The lowest BCUT2D eigenvalue weighted by Crippen LogP contribution is -2.60. The van der Waals surface area contributed by atoms with Crippen molar-refractivity contribution in [3.05, 3.63) is 0 Å². The number of urea groups is 1. The SMILES string of the molecule is COCCC(C)(C)CNC(=O)N1CCCCC1(C)C(=O)O. The van der Waals surface area contributed by atoms with Gasteiger partial charge in [-0.2, -0.15) is 0 Å². The number of carboxylic acids is 1. The second kappa shape index (κ2) is 7.11. The number of hydrogen-bond acceptors (Lipinski definition) is 3. The van der Waals surface area contributed by atoms with Gasteiger partial charge in [0.15, 0.2) is 0 Å². The molecular formula is C15H28N2O4. The molecule has 1 fully saturated rings. The zero-order valence-corrected chi connectivity index (χ0v) is 13.6. The molecule has 6 heteroatoms. The fraction of sp³-hybridized carbons (Fsp3) is 0.867. The molecule has 1 unspecified atom stereocenters. The van der Waals surface area contributed by atoms with E-state index in [1.54, 1.807) is 14.0 Å². The molecule has 0 aromatic carbocycles. The summed E-state index contributed by atoms with van der Waals surface area (Å²) in [6.45, 7) is 7.37. The summed E-state index contributed by atoms with van der Waals surface area (Å²) in [6, 6.07) is -0.287. The molecule has 2 N–H and O–H groups in total. The van der Waals surface area contributed by atoms with Crippen LogP contribution >= 0.6 is 0 Å². The van der Waals surface area contributed by atoms with Gasteiger partial charge in [0.05, 0.1) is 0 Å². The highest BCUT2D eigenvalue weighted by Crippen LogP contribution is 2.28. The van der Waals surface area contributed by atoms with Gasteiger partial charge in [-0.25, -0.2) is 9.59 Å². The molecule has 0 radical (unpaired) electrons. The van der Waals surface area contributed by atoms with Gasteiger partial charge in [-0.3, -0.25) is 0 Å². The minimum Gasteiger partial charge on any atom is -0.480 e. The van der Waals surface area contributed by atoms with Crippen LogP contribution in [-0.4, -0.2) is 54.4 Å². The van der Waals surface area contributed by atoms with Crippen LogP contribution in [0.4, 0.5) is 4.79 Å². The third kappa shape index (κ3) is 4.59. The molecule has 1 saturated heterocycles. The van der Waals surface area contributed by atoms with Crippen molar-refractivity contribution in [2.24, 2.45) is 5.41 Å². The Bertz CT molecular complexity index is 384. The maximum absolute atomic E-state index is 12.4. The Hall–Kier alpha value is -1.30. The molecule has 0 saturated carbocycles. The van der Waals surface area contributed by atoms with Gasteiger partial charge in [0.25, 0.3) is 0 Å². The minimum absolute atomic E-state index is 0.0823. The summed E-state index contributed by atoms with van der Waals surface area (Å²) in [5, 5.41) is 12.3. The van der Waals surface area contributed by atoms with Crippen molar-refractivity contribution in [1.82, 2.24) is 10.2 Å². The van der Waals surface area contributed by atoms with Gasteiger partial charge >= 0.3 is 12.0 Å². The molecule has 1 atom stereocenters. The molecule has 0 aliphatic carbocycles. The molecule has 2 amide bonds. The third-order valence-electron chi connectivity index (χ3n) is 4.30. The van der Waals surface area contributed by atoms with E-state index in [-0.39, 0.29) is 11.4 Å². The minimum atomic E-state index is -1.10. The standard InChI is InChI=1S/C15H28N2O4/c1-14(2,8-10-21-4)11-16-13(20)17-9-6-5-7-15(17,3)12(18)19/h5-11H2,1-4H3,(H,16,20)(H,18,19). The highest BCUT2D eigenvalue weighted by molar-refractivity contribution is 5.86. The fourth-order valence-electron chi connectivity index (χ4n) is 2.55. The molecule has 1 heterocycles. The van der Waals surface area contributed by atoms with Gasteiger partial charge in [0.2, 0.25) is 0 Å². The number of methoxy groups -OCH3 is 1. The molecule has 6 nitrogen and oxygen atoms in total. The van der Waals surface area contributed by atoms with Crippen LogP contribution in [0, 0.1) is 5.41 Å². The Morgan fingerprint density at radius 3 is 2.62 bits per heavy atom. The van der Waals surface area contributed by atoms with Gasteiger partial charge in [0, 0.05) is 26.8 Å². The third-order valence-corrected chi connectivity index (χ3v) is 4.30. The molecule has 0 bridgehead atoms. The molecule has 21 heavy (non-hydrogen) atoms. The first-order chi connectivity index (χ1) is 9.73. The Balaban J connectivity index is 2.63. The number of carbonyl (C=O) groups is 2. The van der Waals surface area contributed by atoms with Gasteiger partial charge in [-0.15, -0.1) is 0 Å². The number of carboxylic acid groups (broad SMARTS) is 1. The molecule has 122 valence electrons. The van der Waals surface area contributed by atoms with E-state index in [9.17, 15) is 14.7 Å². The van der Waals surface area contributed by atoms with E-state index in [1.807, 2.05) is 0 Å². The molecule has 0 aromatic heterocycles. The average Bonchev–Trinajstić information content (AvgIpc) is 2.43. The molecule has 0 aromatic rings. The van der Waals surface area contributed by atoms with Crippen molar-refractivity contribution < 1.29 is 19.4 Å². The normalized spacial score (nSPS) is 23.0. The largest absolute Gasteiger partial charge is 0.480 e. The molecule has 1 aliphatic rings. The summed E-state index contributed by atoms with van der Waals surface area (Å²) in [5.74, 6) is -0.934. The summed E-state index contributed by atoms with van der Waals surface area (Å²) in [4.78, 5) is 25.3. The van der Waals surface area contributed by atoms with E-state index in [2.05, 4.69) is 19.2 Å². The summed E-state index contributed by atoms with van der Waals surface area (Å²) < 4.78 is 5.06. The topological polar surface area (TPSA) is 78.9 Å². The van der Waals surface area contributed by atoms with E-state index >= 15 is 0 Å². The van der Waals surface area contributed by atoms with Crippen molar-refractivity contribution in [2.75, 3.05) is 26.8 Å². The molecule has 1 aliphatic heterocycles. The second-order valence-corrected chi connectivity index (χ2v) is 6.75. The van der Waals surface area contributed by atoms with E-state index < -0.39 is 11.5 Å². The number of ether oxygens (including phenoxy) is 1. The Labute approximate surface area is 126 Å². The van der Waals surface area contributed by atoms with E-state index in [0.717, 1.165) is 19.3 Å². The van der Waals surface area contributed by atoms with Crippen molar-refractivity contribution in [3.63, 3.8) is 0 Å². The summed E-state index contributed by atoms with van der Waals surface area (Å²) in [7, 11) is 1.65. The maximum Gasteiger partial charge on any atom is 0.329 e. The number of aliphatic carboxylic acids is 1. The predicted molar refractivity (Wildman–Crippen MR) is 80.3 cm³/mol. The number of nitrogens with zero attached hydrogens (tertiary/aromatic N) is 1. The van der Waals surface area contributed by atoms with Crippen LogP contribution in [0.15, 0.2) is 0 Å². The second-order valence-electron chi connectivity index (χ2n) is 6.75. The van der Waals surface area contributed by atoms with Gasteiger partial charge in [0.1, 0.15) is 5.54 Å². The fourth-order valence-corrected chi connectivity index (χ4v) is 2.55. The van der Waals surface area contributed by atoms with Crippen molar-refractivity contribution in [2.45, 2.75) is 52.0 Å². The predicted octanol–water partition coefficient (Wildman–Crippen LogP) is 2.09. The van der Waals surface area contributed by atoms with E-state index in [0.29, 0.717) is 26.1 Å². The number of likely N-dealkylation sites (tertiary alicyclic amines) is 1. The quantitative estimate of drug-likeness (QED) is 0.787. The smallest absolute Gasteiger partial charge is 0.329 e. The van der Waals surface area contributed by atoms with Gasteiger partial charge < -0.3 is 20.1 Å². The zero-order valence-electron chi connectivity index (χ0n) is 13.6. The lowest BCUT2D eigenvalue weighted by molar-refractivity contribution is -0.150. The number of hydrogen-bond donors (Lipinski definition) is 2. The number of carbonyl (C=O) groups excluding carboxylic acids is 1. The van der Waals surface area contributed by atoms with Crippen molar-refractivity contribution in [3.8, 4) is 0 Å². The maximum atomic E-state index is 12.4. The first kappa shape index (κ1) is 17.8. The monoisotopic (exact) mass is 300 g/mol. The van der Waals surface area contributed by atoms with Crippen LogP contribution in [0.1, 0.15) is 46.5 Å². The molecule has 1 rings (SSSR count). The van der Waals surface area contributed by atoms with E-state index in [4.69, 9.17) is 4.74 Å². The summed E-state index contributed by atoms with van der Waals surface area (Å²) in [5.41, 5.74) is -1.18. The average molecular weight is 300 g/mol. The van der Waals surface area contributed by atoms with Gasteiger partial charge in [-0.1, -0.05) is 13.8 Å². The van der Waals surface area contributed by atoms with Crippen LogP contribution in [-0.2, 0) is 9.53 Å². The first-order valence-corrected chi connectivity index (χ1v) is 7.51. The Morgan fingerprint density at radius 2 is 2.05 bits per heavy atom. The Morgan fingerprint density at radius 1 is 1.38 bits per heavy atom. The number of rotatable bonds is 6. The summed E-state index contributed by atoms with van der Waals surface area (Å²) in [6.07, 6.45) is 3.03. The van der Waals surface area contributed by atoms with Crippen LogP contribution < -0.4 is 5.32 Å². The van der Waals surface area contributed by atoms with E-state index in [1.165, 1.54) is 4.90 Å². The lowest BCUT2D eigenvalue weighted by atomic mass is 9.88. The highest BCUT2D eigenvalue weighted by Gasteiger charge is 2.44. The Kier molecular flexibility index (Phi) is 6.01. The zero-order chi connectivity index (χ0) is 16.1. The van der Waals surface area contributed by atoms with Crippen molar-refractivity contribution >= 4 is 12.0 Å². The van der Waals surface area contributed by atoms with Crippen LogP contribution in [0.5, 0.6) is 0 Å². The van der Waals surface area contributed by atoms with Gasteiger partial charge in [-0.05, 0) is 38.0 Å².